The van der Waals surface area contributed by atoms with Crippen molar-refractivity contribution in [1.82, 2.24) is 0 Å². The van der Waals surface area contributed by atoms with E-state index in [-0.39, 0.29) is 23.9 Å². The van der Waals surface area contributed by atoms with Crippen molar-refractivity contribution in [2.75, 3.05) is 13.7 Å². The zero-order chi connectivity index (χ0) is 15.0. The van der Waals surface area contributed by atoms with E-state index in [0.717, 1.165) is 24.3 Å². The topological polar surface area (TPSA) is 43.3 Å². The highest BCUT2D eigenvalue weighted by Gasteiger charge is 2.61. The highest BCUT2D eigenvalue weighted by atomic mass is 16.6. The van der Waals surface area contributed by atoms with Crippen LogP contribution in [-0.4, -0.2) is 37.4 Å². The Kier molecular flexibility index (Phi) is 3.66. The molecule has 2 aliphatic heterocycles. The number of benzene rings is 1. The molecule has 22 heavy (non-hydrogen) atoms. The molecule has 3 atom stereocenters. The Morgan fingerprint density at radius 2 is 1.95 bits per heavy atom. The average Bonchev–Trinajstić information content (AvgIpc) is 3.07. The van der Waals surface area contributed by atoms with Crippen LogP contribution in [0.3, 0.4) is 0 Å². The van der Waals surface area contributed by atoms with Crippen LogP contribution in [0, 0.1) is 0 Å². The predicted octanol–water partition coefficient (Wildman–Crippen LogP) is 3.27. The number of hydrogen-bond acceptors (Lipinski definition) is 4. The normalized spacial score (nSPS) is 32.6. The van der Waals surface area contributed by atoms with Crippen LogP contribution in [-0.2, 0) is 14.2 Å². The third kappa shape index (κ3) is 2.44. The Morgan fingerprint density at radius 3 is 2.68 bits per heavy atom. The summed E-state index contributed by atoms with van der Waals surface area (Å²) in [5.74, 6) is 0.790. The van der Waals surface area contributed by atoms with Gasteiger partial charge in [0.2, 0.25) is 5.90 Å². The Labute approximate surface area is 131 Å². The van der Waals surface area contributed by atoms with Gasteiger partial charge >= 0.3 is 0 Å². The largest absolute Gasteiger partial charge is 0.468 e. The first kappa shape index (κ1) is 14.2. The third-order valence-electron chi connectivity index (χ3n) is 5.05. The van der Waals surface area contributed by atoms with Gasteiger partial charge in [0.05, 0.1) is 6.61 Å². The standard InChI is InChI=1S/C18H23NO3/c1-20-12-14-15(13-8-4-2-5-9-13)21-17(19-14)16-18(22-16)10-6-3-7-11-18/h2,4-5,8-9,14-16H,3,6-7,10-12H2,1H3/t14-,15-,16?/m0/s1. The molecule has 4 rings (SSSR count). The van der Waals surface area contributed by atoms with Crippen LogP contribution in [0.1, 0.15) is 43.8 Å². The summed E-state index contributed by atoms with van der Waals surface area (Å²) in [7, 11) is 1.71. The highest BCUT2D eigenvalue weighted by molar-refractivity contribution is 5.86. The Hall–Kier alpha value is -1.39. The lowest BCUT2D eigenvalue weighted by atomic mass is 9.86. The second-order valence-electron chi connectivity index (χ2n) is 6.56. The van der Waals surface area contributed by atoms with E-state index in [2.05, 4.69) is 12.1 Å². The number of aliphatic imine (C=N–C) groups is 1. The summed E-state index contributed by atoms with van der Waals surface area (Å²) < 4.78 is 17.6. The van der Waals surface area contributed by atoms with E-state index in [1.54, 1.807) is 7.11 Å². The van der Waals surface area contributed by atoms with Gasteiger partial charge in [-0.05, 0) is 18.4 Å². The Bertz CT molecular complexity index is 551. The second-order valence-corrected chi connectivity index (χ2v) is 6.56. The summed E-state index contributed by atoms with van der Waals surface area (Å²) in [6.07, 6.45) is 6.14. The van der Waals surface area contributed by atoms with Crippen molar-refractivity contribution in [3.63, 3.8) is 0 Å². The number of rotatable bonds is 4. The van der Waals surface area contributed by atoms with Gasteiger partial charge < -0.3 is 14.2 Å². The minimum Gasteiger partial charge on any atom is -0.468 e. The van der Waals surface area contributed by atoms with Crippen LogP contribution in [0.2, 0.25) is 0 Å². The quantitative estimate of drug-likeness (QED) is 0.802. The Balaban J connectivity index is 1.51. The summed E-state index contributed by atoms with van der Waals surface area (Å²) in [6.45, 7) is 0.572. The van der Waals surface area contributed by atoms with Crippen molar-refractivity contribution in [2.24, 2.45) is 4.99 Å². The van der Waals surface area contributed by atoms with Gasteiger partial charge in [0.15, 0.2) is 6.10 Å². The van der Waals surface area contributed by atoms with Crippen molar-refractivity contribution >= 4 is 5.90 Å². The van der Waals surface area contributed by atoms with Gasteiger partial charge in [-0.25, -0.2) is 4.99 Å². The van der Waals surface area contributed by atoms with Crippen LogP contribution in [0.5, 0.6) is 0 Å². The molecule has 0 amide bonds. The smallest absolute Gasteiger partial charge is 0.217 e. The molecule has 118 valence electrons. The maximum absolute atomic E-state index is 6.21. The molecule has 1 spiro atoms. The number of nitrogens with zero attached hydrogens (tertiary/aromatic N) is 1. The molecule has 0 N–H and O–H groups in total. The van der Waals surface area contributed by atoms with Crippen LogP contribution in [0.15, 0.2) is 35.3 Å². The van der Waals surface area contributed by atoms with Crippen molar-refractivity contribution in [3.8, 4) is 0 Å². The fraction of sp³-hybridized carbons (Fsp3) is 0.611. The first-order chi connectivity index (χ1) is 10.8. The van der Waals surface area contributed by atoms with Gasteiger partial charge in [0.1, 0.15) is 17.7 Å². The molecule has 0 aromatic heterocycles. The minimum absolute atomic E-state index is 0.0206. The number of methoxy groups -OCH3 is 1. The summed E-state index contributed by atoms with van der Waals surface area (Å²) in [4.78, 5) is 4.79. The van der Waals surface area contributed by atoms with Crippen molar-refractivity contribution in [2.45, 2.75) is 56.0 Å². The predicted molar refractivity (Wildman–Crippen MR) is 84.1 cm³/mol. The maximum atomic E-state index is 6.21. The van der Waals surface area contributed by atoms with Crippen molar-refractivity contribution < 1.29 is 14.2 Å². The molecule has 4 heteroatoms. The minimum atomic E-state index is -0.0546. The van der Waals surface area contributed by atoms with Gasteiger partial charge in [-0.15, -0.1) is 0 Å². The van der Waals surface area contributed by atoms with E-state index in [1.165, 1.54) is 19.3 Å². The monoisotopic (exact) mass is 301 g/mol. The van der Waals surface area contributed by atoms with Gasteiger partial charge in [0, 0.05) is 7.11 Å². The first-order valence-corrected chi connectivity index (χ1v) is 8.28. The van der Waals surface area contributed by atoms with E-state index in [0.29, 0.717) is 6.61 Å². The molecule has 0 radical (unpaired) electrons. The number of hydrogen-bond donors (Lipinski definition) is 0. The maximum Gasteiger partial charge on any atom is 0.217 e. The molecule has 1 aliphatic carbocycles. The summed E-state index contributed by atoms with van der Waals surface area (Å²) in [5, 5.41) is 0. The van der Waals surface area contributed by atoms with E-state index < -0.39 is 0 Å². The highest BCUT2D eigenvalue weighted by Crippen LogP contribution is 2.50. The lowest BCUT2D eigenvalue weighted by Gasteiger charge is -2.19. The average molecular weight is 301 g/mol. The lowest BCUT2D eigenvalue weighted by Crippen LogP contribution is -2.24. The second kappa shape index (κ2) is 5.67. The summed E-state index contributed by atoms with van der Waals surface area (Å²) in [6, 6.07) is 10.3. The lowest BCUT2D eigenvalue weighted by molar-refractivity contribution is 0.118. The number of epoxide rings is 1. The van der Waals surface area contributed by atoms with E-state index in [9.17, 15) is 0 Å². The molecule has 1 saturated carbocycles. The molecular weight excluding hydrogens is 278 g/mol. The SMILES string of the molecule is COC[C@@H]1N=C(C2OC23CCCCC3)O[C@H]1c1ccccc1. The van der Waals surface area contributed by atoms with Gasteiger partial charge in [0.25, 0.3) is 0 Å². The van der Waals surface area contributed by atoms with Gasteiger partial charge in [-0.1, -0.05) is 49.6 Å². The third-order valence-corrected chi connectivity index (χ3v) is 5.05. The van der Waals surface area contributed by atoms with Crippen molar-refractivity contribution in [1.29, 1.82) is 0 Å². The van der Waals surface area contributed by atoms with Crippen LogP contribution in [0.25, 0.3) is 0 Å². The molecule has 1 aromatic carbocycles. The molecule has 2 fully saturated rings. The zero-order valence-corrected chi connectivity index (χ0v) is 13.0. The van der Waals surface area contributed by atoms with Crippen molar-refractivity contribution in [3.05, 3.63) is 35.9 Å². The first-order valence-electron chi connectivity index (χ1n) is 8.28. The molecule has 1 aromatic rings. The summed E-state index contributed by atoms with van der Waals surface area (Å²) in [5.41, 5.74) is 1.18. The molecule has 0 bridgehead atoms. The molecule has 3 aliphatic rings. The van der Waals surface area contributed by atoms with Crippen LogP contribution < -0.4 is 0 Å². The van der Waals surface area contributed by atoms with E-state index in [4.69, 9.17) is 19.2 Å². The van der Waals surface area contributed by atoms with E-state index >= 15 is 0 Å². The van der Waals surface area contributed by atoms with Gasteiger partial charge in [-0.3, -0.25) is 0 Å². The fourth-order valence-electron chi connectivity index (χ4n) is 3.83. The van der Waals surface area contributed by atoms with Crippen LogP contribution in [0.4, 0.5) is 0 Å². The molecule has 2 heterocycles. The fourth-order valence-corrected chi connectivity index (χ4v) is 3.83. The molecule has 4 nitrogen and oxygen atoms in total. The molecular formula is C18H23NO3. The molecule has 1 unspecified atom stereocenters. The number of ether oxygens (including phenoxy) is 3. The molecule has 1 saturated heterocycles. The summed E-state index contributed by atoms with van der Waals surface area (Å²) >= 11 is 0. The Morgan fingerprint density at radius 1 is 1.18 bits per heavy atom. The van der Waals surface area contributed by atoms with Gasteiger partial charge in [-0.2, -0.15) is 0 Å². The van der Waals surface area contributed by atoms with Crippen LogP contribution >= 0.6 is 0 Å². The zero-order valence-electron chi connectivity index (χ0n) is 13.0. The van der Waals surface area contributed by atoms with E-state index in [1.807, 2.05) is 18.2 Å².